The average Bonchev–Trinajstić information content (AvgIpc) is 2.97. The van der Waals surface area contributed by atoms with E-state index in [9.17, 15) is 9.59 Å². The molecule has 0 saturated heterocycles. The summed E-state index contributed by atoms with van der Waals surface area (Å²) in [6, 6.07) is 7.70. The Bertz CT molecular complexity index is 788. The lowest BCUT2D eigenvalue weighted by molar-refractivity contribution is -0.131. The zero-order valence-corrected chi connectivity index (χ0v) is 15.9. The third kappa shape index (κ3) is 4.71. The zero-order valence-electron chi connectivity index (χ0n) is 15.9. The highest BCUT2D eigenvalue weighted by Crippen LogP contribution is 2.17. The third-order valence-corrected chi connectivity index (χ3v) is 4.16. The average molecular weight is 356 g/mol. The van der Waals surface area contributed by atoms with Gasteiger partial charge < -0.3 is 14.8 Å². The Morgan fingerprint density at radius 2 is 1.85 bits per heavy atom. The summed E-state index contributed by atoms with van der Waals surface area (Å²) in [6.45, 7) is 11.4. The molecule has 0 spiro atoms. The van der Waals surface area contributed by atoms with Crippen LogP contribution in [0.4, 0.5) is 0 Å². The van der Waals surface area contributed by atoms with E-state index in [4.69, 9.17) is 0 Å². The Morgan fingerprint density at radius 1 is 1.19 bits per heavy atom. The van der Waals surface area contributed by atoms with Crippen molar-refractivity contribution in [1.82, 2.24) is 19.8 Å². The number of rotatable bonds is 9. The molecule has 1 N–H and O–H groups in total. The van der Waals surface area contributed by atoms with Crippen LogP contribution >= 0.6 is 0 Å². The minimum atomic E-state index is -0.214. The molecule has 1 aromatic carbocycles. The van der Waals surface area contributed by atoms with Crippen molar-refractivity contribution in [2.24, 2.45) is 0 Å². The third-order valence-electron chi connectivity index (χ3n) is 4.16. The minimum absolute atomic E-state index is 0.0735. The summed E-state index contributed by atoms with van der Waals surface area (Å²) >= 11 is 0. The van der Waals surface area contributed by atoms with Crippen LogP contribution in [-0.4, -0.2) is 39.4 Å². The van der Waals surface area contributed by atoms with Crippen LogP contribution in [0, 0.1) is 0 Å². The largest absolute Gasteiger partial charge is 0.345 e. The van der Waals surface area contributed by atoms with Gasteiger partial charge in [-0.1, -0.05) is 32.6 Å². The van der Waals surface area contributed by atoms with Crippen LogP contribution < -0.4 is 5.32 Å². The Hall–Kier alpha value is -2.63. The Kier molecular flexibility index (Phi) is 6.95. The highest BCUT2D eigenvalue weighted by molar-refractivity contribution is 5.92. The molecule has 1 aromatic heterocycles. The first-order valence-corrected chi connectivity index (χ1v) is 9.13. The molecule has 0 aliphatic rings. The van der Waals surface area contributed by atoms with E-state index in [1.165, 1.54) is 0 Å². The number of aromatic nitrogens is 2. The van der Waals surface area contributed by atoms with Gasteiger partial charge in [0.25, 0.3) is 0 Å². The number of amides is 2. The van der Waals surface area contributed by atoms with Gasteiger partial charge in [-0.2, -0.15) is 0 Å². The second kappa shape index (κ2) is 9.17. The molecule has 0 radical (unpaired) electrons. The van der Waals surface area contributed by atoms with Crippen LogP contribution in [-0.2, 0) is 22.7 Å². The van der Waals surface area contributed by atoms with Crippen molar-refractivity contribution in [2.45, 2.75) is 46.7 Å². The van der Waals surface area contributed by atoms with Crippen molar-refractivity contribution < 1.29 is 9.59 Å². The maximum absolute atomic E-state index is 12.8. The predicted octanol–water partition coefficient (Wildman–Crippen LogP) is 2.88. The van der Waals surface area contributed by atoms with Crippen molar-refractivity contribution in [3.63, 3.8) is 0 Å². The van der Waals surface area contributed by atoms with Crippen LogP contribution in [0.15, 0.2) is 36.4 Å². The fourth-order valence-electron chi connectivity index (χ4n) is 2.88. The number of imidazole rings is 1. The molecule has 2 rings (SSSR count). The first kappa shape index (κ1) is 19.7. The van der Waals surface area contributed by atoms with Gasteiger partial charge in [-0.05, 0) is 31.9 Å². The summed E-state index contributed by atoms with van der Waals surface area (Å²) in [6.07, 6.45) is 1.86. The first-order valence-electron chi connectivity index (χ1n) is 9.13. The lowest BCUT2D eigenvalue weighted by atomic mass is 10.3. The minimum Gasteiger partial charge on any atom is -0.345 e. The second-order valence-electron chi connectivity index (χ2n) is 6.45. The van der Waals surface area contributed by atoms with Crippen molar-refractivity contribution in [1.29, 1.82) is 0 Å². The molecule has 2 amide bonds. The van der Waals surface area contributed by atoms with Crippen molar-refractivity contribution in [2.75, 3.05) is 13.1 Å². The van der Waals surface area contributed by atoms with E-state index >= 15 is 0 Å². The number of benzene rings is 1. The Labute approximate surface area is 154 Å². The molecule has 0 aliphatic carbocycles. The van der Waals surface area contributed by atoms with Gasteiger partial charge in [-0.15, -0.1) is 0 Å². The van der Waals surface area contributed by atoms with E-state index in [1.807, 2.05) is 33.7 Å². The van der Waals surface area contributed by atoms with E-state index in [2.05, 4.69) is 30.7 Å². The monoisotopic (exact) mass is 356 g/mol. The molecule has 0 atom stereocenters. The molecule has 1 heterocycles. The number of hydrogen-bond donors (Lipinski definition) is 1. The smallest absolute Gasteiger partial charge is 0.246 e. The SMILES string of the molecule is C=C(C)C(=O)NCc1nc2ccccc2n1CC(=O)N(CCC)CCC. The molecule has 0 unspecified atom stereocenters. The van der Waals surface area contributed by atoms with Gasteiger partial charge in [0, 0.05) is 18.7 Å². The van der Waals surface area contributed by atoms with Crippen LogP contribution in [0.2, 0.25) is 0 Å². The van der Waals surface area contributed by atoms with Crippen LogP contribution in [0.3, 0.4) is 0 Å². The van der Waals surface area contributed by atoms with E-state index in [1.54, 1.807) is 6.92 Å². The van der Waals surface area contributed by atoms with Crippen LogP contribution in [0.5, 0.6) is 0 Å². The fourth-order valence-corrected chi connectivity index (χ4v) is 2.88. The molecular weight excluding hydrogens is 328 g/mol. The molecule has 0 bridgehead atoms. The standard InChI is InChI=1S/C20H28N4O2/c1-5-11-23(12-6-2)19(25)14-24-17-10-8-7-9-16(17)22-18(24)13-21-20(26)15(3)4/h7-10H,3,5-6,11-14H2,1-2,4H3,(H,21,26). The van der Waals surface area contributed by atoms with E-state index < -0.39 is 0 Å². The molecular formula is C20H28N4O2. The zero-order chi connectivity index (χ0) is 19.1. The second-order valence-corrected chi connectivity index (χ2v) is 6.45. The quantitative estimate of drug-likeness (QED) is 0.703. The maximum atomic E-state index is 12.8. The van der Waals surface area contributed by atoms with Crippen molar-refractivity contribution >= 4 is 22.8 Å². The van der Waals surface area contributed by atoms with E-state index in [0.29, 0.717) is 11.4 Å². The fraction of sp³-hybridized carbons (Fsp3) is 0.450. The van der Waals surface area contributed by atoms with Gasteiger partial charge >= 0.3 is 0 Å². The molecule has 0 fully saturated rings. The topological polar surface area (TPSA) is 67.2 Å². The highest BCUT2D eigenvalue weighted by atomic mass is 16.2. The summed E-state index contributed by atoms with van der Waals surface area (Å²) < 4.78 is 1.90. The van der Waals surface area contributed by atoms with Crippen molar-refractivity contribution in [3.05, 3.63) is 42.2 Å². The Balaban J connectivity index is 2.28. The molecule has 140 valence electrons. The number of nitrogens with zero attached hydrogens (tertiary/aromatic N) is 3. The van der Waals surface area contributed by atoms with Crippen LogP contribution in [0.1, 0.15) is 39.4 Å². The summed E-state index contributed by atoms with van der Waals surface area (Å²) in [5.41, 5.74) is 2.16. The van der Waals surface area contributed by atoms with Crippen LogP contribution in [0.25, 0.3) is 11.0 Å². The highest BCUT2D eigenvalue weighted by Gasteiger charge is 2.18. The number of hydrogen-bond acceptors (Lipinski definition) is 3. The molecule has 26 heavy (non-hydrogen) atoms. The number of nitrogens with one attached hydrogen (secondary N) is 1. The van der Waals surface area contributed by atoms with E-state index in [-0.39, 0.29) is 24.9 Å². The number of para-hydroxylation sites is 2. The lowest BCUT2D eigenvalue weighted by Crippen LogP contribution is -2.36. The lowest BCUT2D eigenvalue weighted by Gasteiger charge is -2.22. The molecule has 6 heteroatoms. The molecule has 0 saturated carbocycles. The number of fused-ring (bicyclic) bond motifs is 1. The number of carbonyl (C=O) groups excluding carboxylic acids is 2. The van der Waals surface area contributed by atoms with Gasteiger partial charge in [-0.25, -0.2) is 4.98 Å². The summed E-state index contributed by atoms with van der Waals surface area (Å²) in [7, 11) is 0. The maximum Gasteiger partial charge on any atom is 0.246 e. The van der Waals surface area contributed by atoms with Crippen molar-refractivity contribution in [3.8, 4) is 0 Å². The summed E-state index contributed by atoms with van der Waals surface area (Å²) in [5.74, 6) is 0.528. The van der Waals surface area contributed by atoms with Gasteiger partial charge in [0.2, 0.25) is 11.8 Å². The summed E-state index contributed by atoms with van der Waals surface area (Å²) in [5, 5.41) is 2.81. The predicted molar refractivity (Wildman–Crippen MR) is 104 cm³/mol. The van der Waals surface area contributed by atoms with Gasteiger partial charge in [-0.3, -0.25) is 9.59 Å². The first-order chi connectivity index (χ1) is 12.5. The summed E-state index contributed by atoms with van der Waals surface area (Å²) in [4.78, 5) is 31.1. The Morgan fingerprint density at radius 3 is 2.46 bits per heavy atom. The van der Waals surface area contributed by atoms with Gasteiger partial charge in [0.05, 0.1) is 17.6 Å². The van der Waals surface area contributed by atoms with Gasteiger partial charge in [0.15, 0.2) is 0 Å². The molecule has 0 aliphatic heterocycles. The van der Waals surface area contributed by atoms with Gasteiger partial charge in [0.1, 0.15) is 12.4 Å². The molecule has 2 aromatic rings. The number of carbonyl (C=O) groups is 2. The van der Waals surface area contributed by atoms with E-state index in [0.717, 1.165) is 37.0 Å². The molecule has 6 nitrogen and oxygen atoms in total. The normalized spacial score (nSPS) is 10.7.